The maximum absolute atomic E-state index is 12.3. The molecular formula is C14H20BrNO3S. The predicted molar refractivity (Wildman–Crippen MR) is 83.6 cm³/mol. The summed E-state index contributed by atoms with van der Waals surface area (Å²) in [6, 6.07) is 6.19. The molecule has 0 saturated heterocycles. The Kier molecular flexibility index (Phi) is 6.36. The van der Waals surface area contributed by atoms with Gasteiger partial charge < -0.3 is 0 Å². The summed E-state index contributed by atoms with van der Waals surface area (Å²) in [6.07, 6.45) is 1.39. The summed E-state index contributed by atoms with van der Waals surface area (Å²) in [5.74, 6) is -0.0879. The van der Waals surface area contributed by atoms with Gasteiger partial charge in [-0.2, -0.15) is 0 Å². The number of ketones is 1. The third-order valence-corrected chi connectivity index (χ3v) is 5.77. The van der Waals surface area contributed by atoms with Crippen LogP contribution >= 0.6 is 15.9 Å². The molecule has 0 amide bonds. The average Bonchev–Trinajstić information content (AvgIpc) is 2.37. The summed E-state index contributed by atoms with van der Waals surface area (Å²) in [7, 11) is -3.61. The molecule has 0 spiro atoms. The fourth-order valence-electron chi connectivity index (χ4n) is 1.84. The van der Waals surface area contributed by atoms with Crippen molar-refractivity contribution in [3.63, 3.8) is 0 Å². The minimum atomic E-state index is -3.61. The number of hydrogen-bond acceptors (Lipinski definition) is 3. The van der Waals surface area contributed by atoms with Gasteiger partial charge in [0.05, 0.1) is 9.72 Å². The lowest BCUT2D eigenvalue weighted by Crippen LogP contribution is -2.43. The van der Waals surface area contributed by atoms with Gasteiger partial charge in [-0.1, -0.05) is 47.0 Å². The van der Waals surface area contributed by atoms with Crippen LogP contribution in [0.3, 0.4) is 0 Å². The molecule has 0 aliphatic rings. The van der Waals surface area contributed by atoms with Gasteiger partial charge in [0.1, 0.15) is 5.78 Å². The SMILES string of the molecule is CCC[C@@H](NS(=O)(=O)c1ccc(C)cc1)[C@@H](Br)C(C)=O. The van der Waals surface area contributed by atoms with Gasteiger partial charge in [0.25, 0.3) is 0 Å². The van der Waals surface area contributed by atoms with Gasteiger partial charge in [-0.15, -0.1) is 0 Å². The summed E-state index contributed by atoms with van der Waals surface area (Å²) in [4.78, 5) is 11.1. The van der Waals surface area contributed by atoms with Crippen molar-refractivity contribution in [1.29, 1.82) is 0 Å². The Labute approximate surface area is 129 Å². The lowest BCUT2D eigenvalue weighted by Gasteiger charge is -2.21. The molecule has 0 radical (unpaired) electrons. The second-order valence-corrected chi connectivity index (χ2v) is 7.54. The molecule has 0 aliphatic heterocycles. The van der Waals surface area contributed by atoms with Crippen LogP contribution < -0.4 is 4.72 Å². The number of alkyl halides is 1. The van der Waals surface area contributed by atoms with Crippen LogP contribution in [0.4, 0.5) is 0 Å². The highest BCUT2D eigenvalue weighted by Crippen LogP contribution is 2.17. The van der Waals surface area contributed by atoms with Crippen molar-refractivity contribution in [1.82, 2.24) is 4.72 Å². The van der Waals surface area contributed by atoms with Crippen LogP contribution in [-0.4, -0.2) is 25.1 Å². The van der Waals surface area contributed by atoms with Crippen LogP contribution in [-0.2, 0) is 14.8 Å². The van der Waals surface area contributed by atoms with Crippen molar-refractivity contribution < 1.29 is 13.2 Å². The molecule has 1 N–H and O–H groups in total. The summed E-state index contributed by atoms with van der Waals surface area (Å²) in [5, 5.41) is 0. The molecule has 0 fully saturated rings. The van der Waals surface area contributed by atoms with E-state index in [-0.39, 0.29) is 10.7 Å². The first-order valence-electron chi connectivity index (χ1n) is 6.51. The Morgan fingerprint density at radius 3 is 2.30 bits per heavy atom. The van der Waals surface area contributed by atoms with Gasteiger partial charge >= 0.3 is 0 Å². The lowest BCUT2D eigenvalue weighted by molar-refractivity contribution is -0.116. The van der Waals surface area contributed by atoms with Crippen molar-refractivity contribution in [3.05, 3.63) is 29.8 Å². The highest BCUT2D eigenvalue weighted by molar-refractivity contribution is 9.10. The highest BCUT2D eigenvalue weighted by Gasteiger charge is 2.27. The highest BCUT2D eigenvalue weighted by atomic mass is 79.9. The van der Waals surface area contributed by atoms with Gasteiger partial charge in [0, 0.05) is 6.04 Å². The number of hydrogen-bond donors (Lipinski definition) is 1. The van der Waals surface area contributed by atoms with E-state index in [1.807, 2.05) is 13.8 Å². The third kappa shape index (κ3) is 4.68. The molecule has 0 saturated carbocycles. The van der Waals surface area contributed by atoms with Gasteiger partial charge in [-0.25, -0.2) is 13.1 Å². The van der Waals surface area contributed by atoms with Crippen molar-refractivity contribution >= 4 is 31.7 Å². The van der Waals surface area contributed by atoms with E-state index in [0.717, 1.165) is 12.0 Å². The summed E-state index contributed by atoms with van der Waals surface area (Å²) in [6.45, 7) is 5.29. The Balaban J connectivity index is 2.96. The minimum Gasteiger partial charge on any atom is -0.299 e. The molecule has 2 atom stereocenters. The normalized spacial score (nSPS) is 14.8. The number of sulfonamides is 1. The molecule has 112 valence electrons. The first-order valence-corrected chi connectivity index (χ1v) is 8.91. The maximum Gasteiger partial charge on any atom is 0.240 e. The number of Topliss-reactive ketones (excluding diaryl/α,β-unsaturated/α-hetero) is 1. The number of aryl methyl sites for hydroxylation is 1. The van der Waals surface area contributed by atoms with Crippen LogP contribution in [0, 0.1) is 6.92 Å². The molecular weight excluding hydrogens is 342 g/mol. The van der Waals surface area contributed by atoms with Crippen molar-refractivity contribution in [2.75, 3.05) is 0 Å². The Hall–Kier alpha value is -0.720. The quantitative estimate of drug-likeness (QED) is 0.759. The van der Waals surface area contributed by atoms with Crippen molar-refractivity contribution in [2.24, 2.45) is 0 Å². The number of carbonyl (C=O) groups excluding carboxylic acids is 1. The number of carbonyl (C=O) groups is 1. The Morgan fingerprint density at radius 1 is 1.30 bits per heavy atom. The molecule has 0 aromatic heterocycles. The van der Waals surface area contributed by atoms with Crippen LogP contribution in [0.25, 0.3) is 0 Å². The molecule has 0 heterocycles. The van der Waals surface area contributed by atoms with E-state index in [4.69, 9.17) is 0 Å². The van der Waals surface area contributed by atoms with Gasteiger partial charge in [0.2, 0.25) is 10.0 Å². The summed E-state index contributed by atoms with van der Waals surface area (Å²) < 4.78 is 27.2. The minimum absolute atomic E-state index is 0.0879. The average molecular weight is 362 g/mol. The van der Waals surface area contributed by atoms with E-state index in [1.165, 1.54) is 6.92 Å². The topological polar surface area (TPSA) is 63.2 Å². The Bertz CT molecular complexity index is 554. The molecule has 1 rings (SSSR count). The summed E-state index contributed by atoms with van der Waals surface area (Å²) in [5.41, 5.74) is 0.996. The number of benzene rings is 1. The zero-order valence-electron chi connectivity index (χ0n) is 11.9. The van der Waals surface area contributed by atoms with E-state index in [2.05, 4.69) is 20.7 Å². The van der Waals surface area contributed by atoms with Crippen LogP contribution in [0.15, 0.2) is 29.2 Å². The van der Waals surface area contributed by atoms with Gasteiger partial charge in [0.15, 0.2) is 0 Å². The number of nitrogens with one attached hydrogen (secondary N) is 1. The molecule has 1 aromatic rings. The van der Waals surface area contributed by atoms with Gasteiger partial charge in [-0.05, 0) is 32.4 Å². The monoisotopic (exact) mass is 361 g/mol. The van der Waals surface area contributed by atoms with Crippen LogP contribution in [0.1, 0.15) is 32.3 Å². The second-order valence-electron chi connectivity index (χ2n) is 4.84. The molecule has 20 heavy (non-hydrogen) atoms. The van der Waals surface area contributed by atoms with Crippen molar-refractivity contribution in [2.45, 2.75) is 49.4 Å². The third-order valence-electron chi connectivity index (χ3n) is 2.98. The zero-order valence-corrected chi connectivity index (χ0v) is 14.3. The number of halogens is 1. The fourth-order valence-corrected chi connectivity index (χ4v) is 3.70. The second kappa shape index (κ2) is 7.33. The molecule has 6 heteroatoms. The molecule has 0 bridgehead atoms. The fraction of sp³-hybridized carbons (Fsp3) is 0.500. The lowest BCUT2D eigenvalue weighted by atomic mass is 10.1. The molecule has 0 aliphatic carbocycles. The predicted octanol–water partition coefficient (Wildman–Crippen LogP) is 2.79. The standard InChI is InChI=1S/C14H20BrNO3S/c1-4-5-13(14(15)11(3)17)16-20(18,19)12-8-6-10(2)7-9-12/h6-9,13-14,16H,4-5H2,1-3H3/t13-,14+/m1/s1. The van der Waals surface area contributed by atoms with E-state index in [9.17, 15) is 13.2 Å². The van der Waals surface area contributed by atoms with E-state index in [1.54, 1.807) is 24.3 Å². The first-order chi connectivity index (χ1) is 9.27. The zero-order chi connectivity index (χ0) is 15.3. The largest absolute Gasteiger partial charge is 0.299 e. The van der Waals surface area contributed by atoms with E-state index < -0.39 is 20.9 Å². The number of rotatable bonds is 7. The molecule has 4 nitrogen and oxygen atoms in total. The van der Waals surface area contributed by atoms with Crippen molar-refractivity contribution in [3.8, 4) is 0 Å². The molecule has 0 unspecified atom stereocenters. The molecule has 1 aromatic carbocycles. The van der Waals surface area contributed by atoms with E-state index >= 15 is 0 Å². The van der Waals surface area contributed by atoms with Crippen LogP contribution in [0.2, 0.25) is 0 Å². The first kappa shape index (κ1) is 17.3. The maximum atomic E-state index is 12.3. The smallest absolute Gasteiger partial charge is 0.240 e. The summed E-state index contributed by atoms with van der Waals surface area (Å²) >= 11 is 3.27. The van der Waals surface area contributed by atoms with Crippen LogP contribution in [0.5, 0.6) is 0 Å². The van der Waals surface area contributed by atoms with E-state index in [0.29, 0.717) is 6.42 Å². The Morgan fingerprint density at radius 2 is 1.85 bits per heavy atom. The van der Waals surface area contributed by atoms with Gasteiger partial charge in [-0.3, -0.25) is 4.79 Å².